The van der Waals surface area contributed by atoms with Gasteiger partial charge in [0.15, 0.2) is 0 Å². The van der Waals surface area contributed by atoms with Crippen LogP contribution < -0.4 is 5.32 Å². The number of aromatic amines is 1. The first-order chi connectivity index (χ1) is 8.09. The van der Waals surface area contributed by atoms with Gasteiger partial charge in [0.25, 0.3) is 5.91 Å². The fourth-order valence-corrected chi connectivity index (χ4v) is 1.22. The molecule has 0 fully saturated rings. The number of nitrogens with one attached hydrogen (secondary N) is 2. The van der Waals surface area contributed by atoms with Gasteiger partial charge in [-0.05, 0) is 19.3 Å². The van der Waals surface area contributed by atoms with E-state index in [1.54, 1.807) is 6.92 Å². The first kappa shape index (κ1) is 13.6. The lowest BCUT2D eigenvalue weighted by atomic mass is 10.2. The van der Waals surface area contributed by atoms with Gasteiger partial charge in [0.2, 0.25) is 5.82 Å². The number of aryl methyl sites for hydroxylation is 1. The Hall–Kier alpha value is -1.43. The SMILES string of the molecule is Cc1nc(C(=O)NCCCOCC(C)C)n[nH]1. The van der Waals surface area contributed by atoms with E-state index in [1.165, 1.54) is 0 Å². The van der Waals surface area contributed by atoms with Crippen molar-refractivity contribution in [2.75, 3.05) is 19.8 Å². The summed E-state index contributed by atoms with van der Waals surface area (Å²) in [6.07, 6.45) is 0.794. The van der Waals surface area contributed by atoms with E-state index >= 15 is 0 Å². The predicted octanol–water partition coefficient (Wildman–Crippen LogP) is 0.906. The first-order valence-corrected chi connectivity index (χ1v) is 5.84. The Morgan fingerprint density at radius 1 is 1.53 bits per heavy atom. The molecule has 0 radical (unpaired) electrons. The van der Waals surface area contributed by atoms with Crippen LogP contribution in [-0.2, 0) is 4.74 Å². The van der Waals surface area contributed by atoms with Crippen molar-refractivity contribution in [3.63, 3.8) is 0 Å². The van der Waals surface area contributed by atoms with Crippen LogP contribution in [-0.4, -0.2) is 40.8 Å². The number of hydrogen-bond donors (Lipinski definition) is 2. The maximum atomic E-state index is 11.5. The molecular weight excluding hydrogens is 220 g/mol. The summed E-state index contributed by atoms with van der Waals surface area (Å²) in [4.78, 5) is 15.4. The van der Waals surface area contributed by atoms with E-state index in [0.29, 0.717) is 24.9 Å². The van der Waals surface area contributed by atoms with E-state index in [4.69, 9.17) is 4.74 Å². The van der Waals surface area contributed by atoms with Gasteiger partial charge in [0.1, 0.15) is 5.82 Å². The smallest absolute Gasteiger partial charge is 0.290 e. The van der Waals surface area contributed by atoms with Gasteiger partial charge >= 0.3 is 0 Å². The van der Waals surface area contributed by atoms with Crippen LogP contribution in [0.5, 0.6) is 0 Å². The van der Waals surface area contributed by atoms with E-state index in [0.717, 1.165) is 13.0 Å². The minimum Gasteiger partial charge on any atom is -0.381 e. The summed E-state index contributed by atoms with van der Waals surface area (Å²) in [7, 11) is 0. The van der Waals surface area contributed by atoms with Gasteiger partial charge in [0, 0.05) is 19.8 Å². The number of nitrogens with zero attached hydrogens (tertiary/aromatic N) is 2. The minimum absolute atomic E-state index is 0.186. The third-order valence-corrected chi connectivity index (χ3v) is 2.00. The number of carbonyl (C=O) groups is 1. The van der Waals surface area contributed by atoms with Crippen LogP contribution in [0.3, 0.4) is 0 Å². The highest BCUT2D eigenvalue weighted by molar-refractivity contribution is 5.90. The van der Waals surface area contributed by atoms with Gasteiger partial charge in [0.05, 0.1) is 0 Å². The molecule has 0 aliphatic heterocycles. The summed E-state index contributed by atoms with van der Waals surface area (Å²) in [6, 6.07) is 0. The molecule has 0 saturated heterocycles. The molecule has 0 aliphatic rings. The topological polar surface area (TPSA) is 79.9 Å². The molecule has 0 atom stereocenters. The molecule has 2 N–H and O–H groups in total. The predicted molar refractivity (Wildman–Crippen MR) is 63.7 cm³/mol. The van der Waals surface area contributed by atoms with Gasteiger partial charge in [-0.3, -0.25) is 9.89 Å². The fourth-order valence-electron chi connectivity index (χ4n) is 1.22. The van der Waals surface area contributed by atoms with Gasteiger partial charge in [-0.25, -0.2) is 4.98 Å². The summed E-state index contributed by atoms with van der Waals surface area (Å²) in [5.41, 5.74) is 0. The molecule has 1 amide bonds. The number of amides is 1. The summed E-state index contributed by atoms with van der Waals surface area (Å²) >= 11 is 0. The summed E-state index contributed by atoms with van der Waals surface area (Å²) in [5, 5.41) is 9.14. The second-order valence-corrected chi connectivity index (χ2v) is 4.32. The second kappa shape index (κ2) is 7.01. The third-order valence-electron chi connectivity index (χ3n) is 2.00. The summed E-state index contributed by atoms with van der Waals surface area (Å²) in [6.45, 7) is 7.95. The molecular formula is C11H20N4O2. The maximum Gasteiger partial charge on any atom is 0.290 e. The Bertz CT molecular complexity index is 349. The third kappa shape index (κ3) is 5.44. The summed E-state index contributed by atoms with van der Waals surface area (Å²) < 4.78 is 5.40. The van der Waals surface area contributed by atoms with E-state index in [-0.39, 0.29) is 11.7 Å². The highest BCUT2D eigenvalue weighted by Gasteiger charge is 2.09. The zero-order valence-corrected chi connectivity index (χ0v) is 10.6. The van der Waals surface area contributed by atoms with Crippen LogP contribution in [0.25, 0.3) is 0 Å². The van der Waals surface area contributed by atoms with Crippen molar-refractivity contribution in [3.05, 3.63) is 11.6 Å². The lowest BCUT2D eigenvalue weighted by Crippen LogP contribution is -2.26. The van der Waals surface area contributed by atoms with Gasteiger partial charge in [-0.2, -0.15) is 0 Å². The lowest BCUT2D eigenvalue weighted by Gasteiger charge is -2.06. The fraction of sp³-hybridized carbons (Fsp3) is 0.727. The number of aromatic nitrogens is 3. The molecule has 1 rings (SSSR count). The number of carbonyl (C=O) groups excluding carboxylic acids is 1. The van der Waals surface area contributed by atoms with Crippen molar-refractivity contribution in [1.29, 1.82) is 0 Å². The van der Waals surface area contributed by atoms with Crippen molar-refractivity contribution in [3.8, 4) is 0 Å². The molecule has 0 spiro atoms. The molecule has 17 heavy (non-hydrogen) atoms. The van der Waals surface area contributed by atoms with Crippen LogP contribution in [0.1, 0.15) is 36.7 Å². The number of hydrogen-bond acceptors (Lipinski definition) is 4. The van der Waals surface area contributed by atoms with Crippen molar-refractivity contribution >= 4 is 5.91 Å². The van der Waals surface area contributed by atoms with E-state index in [9.17, 15) is 4.79 Å². The Morgan fingerprint density at radius 2 is 2.29 bits per heavy atom. The van der Waals surface area contributed by atoms with Crippen LogP contribution in [0.2, 0.25) is 0 Å². The second-order valence-electron chi connectivity index (χ2n) is 4.32. The molecule has 0 bridgehead atoms. The molecule has 1 aromatic rings. The van der Waals surface area contributed by atoms with Crippen LogP contribution in [0, 0.1) is 12.8 Å². The largest absolute Gasteiger partial charge is 0.381 e. The maximum absolute atomic E-state index is 11.5. The Labute approximate surface area is 101 Å². The normalized spacial score (nSPS) is 10.8. The Kier molecular flexibility index (Phi) is 5.62. The van der Waals surface area contributed by atoms with Crippen molar-refractivity contribution in [2.24, 2.45) is 5.92 Å². The van der Waals surface area contributed by atoms with Crippen molar-refractivity contribution < 1.29 is 9.53 Å². The minimum atomic E-state index is -0.252. The summed E-state index contributed by atoms with van der Waals surface area (Å²) in [5.74, 6) is 1.11. The van der Waals surface area contributed by atoms with Gasteiger partial charge < -0.3 is 10.1 Å². The van der Waals surface area contributed by atoms with Gasteiger partial charge in [-0.1, -0.05) is 13.8 Å². The van der Waals surface area contributed by atoms with Crippen molar-refractivity contribution in [2.45, 2.75) is 27.2 Å². The number of H-pyrrole nitrogens is 1. The van der Waals surface area contributed by atoms with Crippen molar-refractivity contribution in [1.82, 2.24) is 20.5 Å². The Balaban J connectivity index is 2.09. The standard InChI is InChI=1S/C11H20N4O2/c1-8(2)7-17-6-4-5-12-11(16)10-13-9(3)14-15-10/h8H,4-7H2,1-3H3,(H,12,16)(H,13,14,15). The average Bonchev–Trinajstić information content (AvgIpc) is 2.69. The molecule has 0 unspecified atom stereocenters. The molecule has 0 saturated carbocycles. The van der Waals surface area contributed by atoms with Crippen LogP contribution in [0.4, 0.5) is 0 Å². The average molecular weight is 240 g/mol. The molecule has 1 heterocycles. The lowest BCUT2D eigenvalue weighted by molar-refractivity contribution is 0.0916. The molecule has 1 aromatic heterocycles. The van der Waals surface area contributed by atoms with Gasteiger partial charge in [-0.15, -0.1) is 5.10 Å². The highest BCUT2D eigenvalue weighted by atomic mass is 16.5. The number of rotatable bonds is 7. The molecule has 0 aliphatic carbocycles. The Morgan fingerprint density at radius 3 is 2.88 bits per heavy atom. The highest BCUT2D eigenvalue weighted by Crippen LogP contribution is 1.93. The molecule has 6 nitrogen and oxygen atoms in total. The zero-order valence-electron chi connectivity index (χ0n) is 10.6. The molecule has 96 valence electrons. The molecule has 6 heteroatoms. The number of ether oxygens (including phenoxy) is 1. The molecule has 0 aromatic carbocycles. The van der Waals surface area contributed by atoms with Crippen LogP contribution in [0.15, 0.2) is 0 Å². The van der Waals surface area contributed by atoms with E-state index in [2.05, 4.69) is 34.3 Å². The van der Waals surface area contributed by atoms with Crippen LogP contribution >= 0.6 is 0 Å². The zero-order chi connectivity index (χ0) is 12.7. The van der Waals surface area contributed by atoms with E-state index < -0.39 is 0 Å². The monoisotopic (exact) mass is 240 g/mol. The van der Waals surface area contributed by atoms with E-state index in [1.807, 2.05) is 0 Å². The first-order valence-electron chi connectivity index (χ1n) is 5.84. The quantitative estimate of drug-likeness (QED) is 0.694.